The number of hydrogen-bond acceptors (Lipinski definition) is 3. The van der Waals surface area contributed by atoms with Crippen molar-refractivity contribution in [1.82, 2.24) is 10.6 Å². The van der Waals surface area contributed by atoms with Gasteiger partial charge >= 0.3 is 0 Å². The van der Waals surface area contributed by atoms with Crippen LogP contribution in [0.15, 0.2) is 24.3 Å². The molecule has 134 valence electrons. The van der Waals surface area contributed by atoms with Crippen molar-refractivity contribution in [2.45, 2.75) is 59.5 Å². The molecule has 0 unspecified atom stereocenters. The van der Waals surface area contributed by atoms with Crippen LogP contribution in [0, 0.1) is 5.41 Å². The molecule has 1 aromatic rings. The number of amides is 2. The SMILES string of the molecule is CCC(CC)(CN)NC(=O)c1ccc(CNC(=O)C(C)(C)C)cc1. The first-order valence-corrected chi connectivity index (χ1v) is 8.57. The fraction of sp³-hybridized carbons (Fsp3) is 0.579. The van der Waals surface area contributed by atoms with Gasteiger partial charge in [0.1, 0.15) is 0 Å². The molecule has 0 aliphatic rings. The molecule has 0 spiro atoms. The van der Waals surface area contributed by atoms with Crippen LogP contribution in [-0.4, -0.2) is 23.9 Å². The van der Waals surface area contributed by atoms with Gasteiger partial charge in [0.15, 0.2) is 0 Å². The third-order valence-corrected chi connectivity index (χ3v) is 4.47. The van der Waals surface area contributed by atoms with Crippen molar-refractivity contribution in [2.24, 2.45) is 11.1 Å². The minimum Gasteiger partial charge on any atom is -0.352 e. The highest BCUT2D eigenvalue weighted by atomic mass is 16.2. The summed E-state index contributed by atoms with van der Waals surface area (Å²) in [4.78, 5) is 24.3. The predicted octanol–water partition coefficient (Wildman–Crippen LogP) is 2.60. The number of nitrogens with two attached hydrogens (primary N) is 1. The van der Waals surface area contributed by atoms with Crippen molar-refractivity contribution in [3.05, 3.63) is 35.4 Å². The Balaban J connectivity index is 2.70. The summed E-state index contributed by atoms with van der Waals surface area (Å²) in [5, 5.41) is 5.95. The van der Waals surface area contributed by atoms with Crippen LogP contribution in [0.25, 0.3) is 0 Å². The van der Waals surface area contributed by atoms with Crippen LogP contribution in [0.1, 0.15) is 63.4 Å². The van der Waals surface area contributed by atoms with Gasteiger partial charge in [0.25, 0.3) is 5.91 Å². The lowest BCUT2D eigenvalue weighted by molar-refractivity contribution is -0.128. The summed E-state index contributed by atoms with van der Waals surface area (Å²) in [6.45, 7) is 10.6. The molecule has 2 amide bonds. The summed E-state index contributed by atoms with van der Waals surface area (Å²) in [6, 6.07) is 7.28. The van der Waals surface area contributed by atoms with Crippen molar-refractivity contribution < 1.29 is 9.59 Å². The molecule has 0 saturated carbocycles. The minimum atomic E-state index is -0.411. The molecule has 0 aliphatic heterocycles. The van der Waals surface area contributed by atoms with E-state index in [0.29, 0.717) is 18.7 Å². The van der Waals surface area contributed by atoms with Gasteiger partial charge in [-0.2, -0.15) is 0 Å². The van der Waals surface area contributed by atoms with Gasteiger partial charge < -0.3 is 16.4 Å². The van der Waals surface area contributed by atoms with Crippen molar-refractivity contribution in [1.29, 1.82) is 0 Å². The molecule has 0 fully saturated rings. The Kier molecular flexibility index (Phi) is 6.96. The molecule has 5 heteroatoms. The van der Waals surface area contributed by atoms with E-state index in [4.69, 9.17) is 5.73 Å². The minimum absolute atomic E-state index is 0.00272. The molecule has 0 aliphatic carbocycles. The van der Waals surface area contributed by atoms with E-state index in [0.717, 1.165) is 18.4 Å². The lowest BCUT2D eigenvalue weighted by Crippen LogP contribution is -2.52. The highest BCUT2D eigenvalue weighted by molar-refractivity contribution is 5.94. The zero-order chi connectivity index (χ0) is 18.4. The second kappa shape index (κ2) is 8.29. The van der Waals surface area contributed by atoms with Gasteiger partial charge in [-0.25, -0.2) is 0 Å². The summed E-state index contributed by atoms with van der Waals surface area (Å²) >= 11 is 0. The maximum absolute atomic E-state index is 12.4. The van der Waals surface area contributed by atoms with Gasteiger partial charge in [-0.05, 0) is 30.5 Å². The van der Waals surface area contributed by atoms with Gasteiger partial charge in [-0.1, -0.05) is 46.8 Å². The summed E-state index contributed by atoms with van der Waals surface area (Å²) in [5.41, 5.74) is 6.62. The second-order valence-corrected chi connectivity index (χ2v) is 7.28. The number of rotatable bonds is 7. The molecule has 0 radical (unpaired) electrons. The van der Waals surface area contributed by atoms with E-state index in [-0.39, 0.29) is 17.4 Å². The number of benzene rings is 1. The van der Waals surface area contributed by atoms with E-state index in [1.807, 2.05) is 46.8 Å². The van der Waals surface area contributed by atoms with Gasteiger partial charge in [0, 0.05) is 24.1 Å². The number of carbonyl (C=O) groups excluding carboxylic acids is 2. The lowest BCUT2D eigenvalue weighted by Gasteiger charge is -2.31. The van der Waals surface area contributed by atoms with Crippen LogP contribution in [0.4, 0.5) is 0 Å². The van der Waals surface area contributed by atoms with Gasteiger partial charge in [-0.3, -0.25) is 9.59 Å². The van der Waals surface area contributed by atoms with Crippen LogP contribution in [-0.2, 0) is 11.3 Å². The smallest absolute Gasteiger partial charge is 0.251 e. The molecule has 0 aromatic heterocycles. The van der Waals surface area contributed by atoms with Crippen molar-refractivity contribution in [3.63, 3.8) is 0 Å². The topological polar surface area (TPSA) is 84.2 Å². The van der Waals surface area contributed by atoms with Crippen molar-refractivity contribution in [2.75, 3.05) is 6.54 Å². The van der Waals surface area contributed by atoms with Crippen LogP contribution < -0.4 is 16.4 Å². The van der Waals surface area contributed by atoms with E-state index in [2.05, 4.69) is 10.6 Å². The maximum Gasteiger partial charge on any atom is 0.251 e. The fourth-order valence-electron chi connectivity index (χ4n) is 2.30. The highest BCUT2D eigenvalue weighted by Crippen LogP contribution is 2.15. The Bertz CT molecular complexity index is 547. The molecule has 1 aromatic carbocycles. The molecular weight excluding hydrogens is 302 g/mol. The summed E-state index contributed by atoms with van der Waals surface area (Å²) < 4.78 is 0. The molecular formula is C19H31N3O2. The van der Waals surface area contributed by atoms with Crippen LogP contribution in [0.2, 0.25) is 0 Å². The van der Waals surface area contributed by atoms with E-state index in [1.165, 1.54) is 0 Å². The number of carbonyl (C=O) groups is 2. The maximum atomic E-state index is 12.4. The fourth-order valence-corrected chi connectivity index (χ4v) is 2.30. The molecule has 0 bridgehead atoms. The first-order valence-electron chi connectivity index (χ1n) is 8.57. The van der Waals surface area contributed by atoms with E-state index < -0.39 is 5.41 Å². The zero-order valence-corrected chi connectivity index (χ0v) is 15.5. The molecule has 0 saturated heterocycles. The van der Waals surface area contributed by atoms with Gasteiger partial charge in [0.05, 0.1) is 5.54 Å². The predicted molar refractivity (Wildman–Crippen MR) is 97.6 cm³/mol. The van der Waals surface area contributed by atoms with Crippen LogP contribution in [0.5, 0.6) is 0 Å². The Morgan fingerprint density at radius 1 is 1.04 bits per heavy atom. The van der Waals surface area contributed by atoms with E-state index >= 15 is 0 Å². The average molecular weight is 333 g/mol. The molecule has 0 heterocycles. The quantitative estimate of drug-likeness (QED) is 0.717. The standard InChI is InChI=1S/C19H31N3O2/c1-6-19(7-2,13-20)22-16(23)15-10-8-14(9-11-15)12-21-17(24)18(3,4)5/h8-11H,6-7,12-13,20H2,1-5H3,(H,21,24)(H,22,23). The summed E-state index contributed by atoms with van der Waals surface area (Å²) in [5.74, 6) is -0.114. The highest BCUT2D eigenvalue weighted by Gasteiger charge is 2.26. The van der Waals surface area contributed by atoms with Crippen molar-refractivity contribution in [3.8, 4) is 0 Å². The van der Waals surface area contributed by atoms with E-state index in [9.17, 15) is 9.59 Å². The molecule has 0 atom stereocenters. The molecule has 24 heavy (non-hydrogen) atoms. The largest absolute Gasteiger partial charge is 0.352 e. The Labute approximate surface area is 145 Å². The zero-order valence-electron chi connectivity index (χ0n) is 15.5. The summed E-state index contributed by atoms with van der Waals surface area (Å²) in [7, 11) is 0. The number of nitrogens with one attached hydrogen (secondary N) is 2. The van der Waals surface area contributed by atoms with Crippen LogP contribution in [0.3, 0.4) is 0 Å². The normalized spacial score (nSPS) is 11.9. The Hall–Kier alpha value is -1.88. The monoisotopic (exact) mass is 333 g/mol. The Morgan fingerprint density at radius 2 is 1.58 bits per heavy atom. The lowest BCUT2D eigenvalue weighted by atomic mass is 9.92. The van der Waals surface area contributed by atoms with Crippen LogP contribution >= 0.6 is 0 Å². The third-order valence-electron chi connectivity index (χ3n) is 4.47. The molecule has 5 nitrogen and oxygen atoms in total. The third kappa shape index (κ3) is 5.34. The van der Waals surface area contributed by atoms with Crippen molar-refractivity contribution >= 4 is 11.8 Å². The second-order valence-electron chi connectivity index (χ2n) is 7.28. The van der Waals surface area contributed by atoms with Gasteiger partial charge in [0.2, 0.25) is 5.91 Å². The molecule has 1 rings (SSSR count). The summed E-state index contributed by atoms with van der Waals surface area (Å²) in [6.07, 6.45) is 1.59. The first-order chi connectivity index (χ1) is 11.2. The first kappa shape index (κ1) is 20.2. The Morgan fingerprint density at radius 3 is 2.00 bits per heavy atom. The average Bonchev–Trinajstić information content (AvgIpc) is 2.57. The number of hydrogen-bond donors (Lipinski definition) is 3. The van der Waals surface area contributed by atoms with E-state index in [1.54, 1.807) is 12.1 Å². The van der Waals surface area contributed by atoms with Gasteiger partial charge in [-0.15, -0.1) is 0 Å². The molecule has 4 N–H and O–H groups in total.